The van der Waals surface area contributed by atoms with Crippen LogP contribution in [0.25, 0.3) is 0 Å². The minimum absolute atomic E-state index is 0.350. The summed E-state index contributed by atoms with van der Waals surface area (Å²) in [6, 6.07) is 17.7. The van der Waals surface area contributed by atoms with Gasteiger partial charge >= 0.3 is 16.6 Å². The van der Waals surface area contributed by atoms with E-state index in [9.17, 15) is 4.79 Å². The normalized spacial score (nSPS) is 11.2. The van der Waals surface area contributed by atoms with Crippen LogP contribution in [-0.4, -0.2) is 25.2 Å². The number of hydrogen-bond donors (Lipinski definition) is 0. The third-order valence-corrected chi connectivity index (χ3v) is 3.77. The molecule has 0 heterocycles. The highest BCUT2D eigenvalue weighted by Gasteiger charge is 2.10. The molecule has 0 saturated heterocycles. The molecule has 1 atom stereocenters. The molecule has 148 valence electrons. The first-order chi connectivity index (χ1) is 13.5. The smallest absolute Gasteiger partial charge is 0.425 e. The van der Waals surface area contributed by atoms with Crippen molar-refractivity contribution in [2.75, 3.05) is 6.61 Å². The molecule has 0 aliphatic rings. The zero-order valence-electron chi connectivity index (χ0n) is 15.5. The van der Waals surface area contributed by atoms with Crippen LogP contribution in [0.1, 0.15) is 31.2 Å². The van der Waals surface area contributed by atoms with Crippen LogP contribution < -0.4 is 0 Å². The van der Waals surface area contributed by atoms with Crippen molar-refractivity contribution in [2.24, 2.45) is 10.2 Å². The van der Waals surface area contributed by atoms with Gasteiger partial charge in [-0.25, -0.2) is 4.79 Å². The summed E-state index contributed by atoms with van der Waals surface area (Å²) in [7, 11) is -3.11. The lowest BCUT2D eigenvalue weighted by molar-refractivity contribution is -0.137. The molecule has 1 unspecified atom stereocenters. The van der Waals surface area contributed by atoms with Gasteiger partial charge in [0.1, 0.15) is 0 Å². The minimum atomic E-state index is -3.11. The number of azo groups is 1. The van der Waals surface area contributed by atoms with Gasteiger partial charge in [0, 0.05) is 6.08 Å². The number of hydrogen-bond acceptors (Lipinski definition) is 7. The van der Waals surface area contributed by atoms with Gasteiger partial charge in [0.15, 0.2) is 0 Å². The van der Waals surface area contributed by atoms with Crippen molar-refractivity contribution < 1.29 is 22.2 Å². The Morgan fingerprint density at radius 1 is 1.04 bits per heavy atom. The molecule has 8 heteroatoms. The third-order valence-electron chi connectivity index (χ3n) is 3.77. The lowest BCUT2D eigenvalue weighted by atomic mass is 9.93. The largest absolute Gasteiger partial charge is 0.463 e. The molecule has 0 aromatic heterocycles. The van der Waals surface area contributed by atoms with Gasteiger partial charge in [-0.3, -0.25) is 0 Å². The summed E-state index contributed by atoms with van der Waals surface area (Å²) in [6.07, 6.45) is 2.96. The van der Waals surface area contributed by atoms with Crippen LogP contribution in [0.15, 0.2) is 77.5 Å². The van der Waals surface area contributed by atoms with E-state index in [-0.39, 0.29) is 5.97 Å². The molecule has 2 aromatic carbocycles. The molecule has 0 saturated carbocycles. The molecule has 0 aliphatic heterocycles. The van der Waals surface area contributed by atoms with E-state index in [4.69, 9.17) is 17.4 Å². The lowest BCUT2D eigenvalue weighted by Crippen LogP contribution is -2.06. The van der Waals surface area contributed by atoms with Gasteiger partial charge in [0.25, 0.3) is 0 Å². The zero-order chi connectivity index (χ0) is 20.8. The average Bonchev–Trinajstić information content (AvgIpc) is 2.70. The topological polar surface area (TPSA) is 102 Å². The standard InChI is InChI=1S/C20H22N2O2.O3S/c1-3-16(14-15-24-20(23)4-2)17-10-12-19(13-11-17)22-21-18-8-6-5-7-9-18;1-4(2)3/h4-13,16H,2-3,14-15H2,1H3;. The molecule has 0 N–H and O–H groups in total. The van der Waals surface area contributed by atoms with E-state index in [2.05, 4.69) is 35.9 Å². The fourth-order valence-electron chi connectivity index (χ4n) is 2.39. The second-order valence-electron chi connectivity index (χ2n) is 5.60. The predicted molar refractivity (Wildman–Crippen MR) is 106 cm³/mol. The summed E-state index contributed by atoms with van der Waals surface area (Å²) in [5.74, 6) is -0.0238. The van der Waals surface area contributed by atoms with Crippen molar-refractivity contribution in [3.8, 4) is 0 Å². The highest BCUT2D eigenvalue weighted by Crippen LogP contribution is 2.26. The van der Waals surface area contributed by atoms with Crippen molar-refractivity contribution in [2.45, 2.75) is 25.7 Å². The number of carbonyl (C=O) groups is 1. The molecule has 0 aliphatic carbocycles. The Balaban J connectivity index is 0.000000892. The van der Waals surface area contributed by atoms with E-state index in [1.165, 1.54) is 11.6 Å². The van der Waals surface area contributed by atoms with Gasteiger partial charge in [-0.05, 0) is 48.6 Å². The molecular formula is C20H22N2O5S. The first kappa shape index (κ1) is 22.9. The summed E-state index contributed by atoms with van der Waals surface area (Å²) in [5.41, 5.74) is 2.86. The van der Waals surface area contributed by atoms with E-state index in [1.54, 1.807) is 0 Å². The molecular weight excluding hydrogens is 380 g/mol. The molecule has 0 amide bonds. The summed E-state index contributed by atoms with van der Waals surface area (Å²) < 4.78 is 30.4. The van der Waals surface area contributed by atoms with Crippen LogP contribution in [-0.2, 0) is 20.1 Å². The second kappa shape index (κ2) is 13.1. The van der Waals surface area contributed by atoms with Gasteiger partial charge in [-0.1, -0.05) is 43.8 Å². The summed E-state index contributed by atoms with van der Waals surface area (Å²) in [4.78, 5) is 11.1. The van der Waals surface area contributed by atoms with E-state index in [0.717, 1.165) is 24.2 Å². The monoisotopic (exact) mass is 402 g/mol. The minimum Gasteiger partial charge on any atom is -0.463 e. The van der Waals surface area contributed by atoms with Gasteiger partial charge < -0.3 is 4.74 Å². The van der Waals surface area contributed by atoms with Crippen molar-refractivity contribution in [3.05, 3.63) is 72.8 Å². The number of ether oxygens (including phenoxy) is 1. The van der Waals surface area contributed by atoms with Crippen molar-refractivity contribution in [3.63, 3.8) is 0 Å². The molecule has 7 nitrogen and oxygen atoms in total. The van der Waals surface area contributed by atoms with Crippen LogP contribution >= 0.6 is 0 Å². The number of esters is 1. The zero-order valence-corrected chi connectivity index (χ0v) is 16.3. The fourth-order valence-corrected chi connectivity index (χ4v) is 2.39. The first-order valence-corrected chi connectivity index (χ1v) is 9.59. The van der Waals surface area contributed by atoms with E-state index >= 15 is 0 Å². The van der Waals surface area contributed by atoms with E-state index < -0.39 is 10.6 Å². The maximum atomic E-state index is 11.1. The molecule has 0 radical (unpaired) electrons. The summed E-state index contributed by atoms with van der Waals surface area (Å²) in [6.45, 7) is 5.92. The number of rotatable bonds is 8. The number of benzene rings is 2. The van der Waals surface area contributed by atoms with Crippen LogP contribution in [0.5, 0.6) is 0 Å². The Morgan fingerprint density at radius 3 is 2.07 bits per heavy atom. The highest BCUT2D eigenvalue weighted by molar-refractivity contribution is 7.59. The average molecular weight is 402 g/mol. The maximum Gasteiger partial charge on any atom is 0.425 e. The van der Waals surface area contributed by atoms with Gasteiger partial charge in [0.2, 0.25) is 0 Å². The van der Waals surface area contributed by atoms with Gasteiger partial charge in [-0.15, -0.1) is 12.6 Å². The maximum absolute atomic E-state index is 11.1. The fraction of sp³-hybridized carbons (Fsp3) is 0.250. The molecule has 2 aromatic rings. The summed E-state index contributed by atoms with van der Waals surface area (Å²) >= 11 is 0. The molecule has 0 fully saturated rings. The SMILES string of the molecule is C=CC(=O)OCCC(CC)c1ccc(N=Nc2ccccc2)cc1.O=S(=O)=O. The quantitative estimate of drug-likeness (QED) is 0.361. The first-order valence-electron chi connectivity index (χ1n) is 8.59. The third kappa shape index (κ3) is 9.54. The lowest BCUT2D eigenvalue weighted by Gasteiger charge is -2.15. The Kier molecular flexibility index (Phi) is 10.7. The Bertz CT molecular complexity index is 872. The van der Waals surface area contributed by atoms with Crippen molar-refractivity contribution in [1.29, 1.82) is 0 Å². The van der Waals surface area contributed by atoms with Crippen LogP contribution in [0.4, 0.5) is 11.4 Å². The number of nitrogens with zero attached hydrogens (tertiary/aromatic N) is 2. The van der Waals surface area contributed by atoms with Crippen LogP contribution in [0, 0.1) is 0 Å². The molecule has 0 spiro atoms. The number of carbonyl (C=O) groups excluding carboxylic acids is 1. The second-order valence-corrected chi connectivity index (χ2v) is 6.00. The van der Waals surface area contributed by atoms with Gasteiger partial charge in [0.05, 0.1) is 18.0 Å². The van der Waals surface area contributed by atoms with Gasteiger partial charge in [-0.2, -0.15) is 10.2 Å². The van der Waals surface area contributed by atoms with Crippen molar-refractivity contribution >= 4 is 28.0 Å². The van der Waals surface area contributed by atoms with Crippen molar-refractivity contribution in [1.82, 2.24) is 0 Å². The van der Waals surface area contributed by atoms with E-state index in [1.807, 2.05) is 42.5 Å². The van der Waals surface area contributed by atoms with E-state index in [0.29, 0.717) is 12.5 Å². The predicted octanol–water partition coefficient (Wildman–Crippen LogP) is 4.71. The van der Waals surface area contributed by atoms with Crippen LogP contribution in [0.3, 0.4) is 0 Å². The summed E-state index contributed by atoms with van der Waals surface area (Å²) in [5, 5.41) is 8.45. The molecule has 2 rings (SSSR count). The Hall–Kier alpha value is -3.13. The van der Waals surface area contributed by atoms with Crippen LogP contribution in [0.2, 0.25) is 0 Å². The Labute approximate surface area is 165 Å². The highest BCUT2D eigenvalue weighted by atomic mass is 32.2. The molecule has 0 bridgehead atoms. The molecule has 28 heavy (non-hydrogen) atoms. The Morgan fingerprint density at radius 2 is 1.57 bits per heavy atom.